The van der Waals surface area contributed by atoms with Crippen LogP contribution in [0.25, 0.3) is 0 Å². The van der Waals surface area contributed by atoms with Crippen LogP contribution < -0.4 is 10.5 Å². The van der Waals surface area contributed by atoms with Crippen molar-refractivity contribution in [3.63, 3.8) is 0 Å². The van der Waals surface area contributed by atoms with Gasteiger partial charge < -0.3 is 15.2 Å². The Kier molecular flexibility index (Phi) is 5.56. The molecule has 1 atom stereocenters. The van der Waals surface area contributed by atoms with Gasteiger partial charge in [0, 0.05) is 12.8 Å². The average Bonchev–Trinajstić information content (AvgIpc) is 2.44. The molecule has 0 spiro atoms. The van der Waals surface area contributed by atoms with Crippen molar-refractivity contribution in [2.45, 2.75) is 45.3 Å². The number of nitrogens with two attached hydrogens (primary N) is 1. The molecule has 0 bridgehead atoms. The fourth-order valence-electron chi connectivity index (χ4n) is 2.29. The average molecular weight is 252 g/mol. The van der Waals surface area contributed by atoms with Crippen LogP contribution in [-0.2, 0) is 4.74 Å². The summed E-state index contributed by atoms with van der Waals surface area (Å²) in [6.07, 6.45) is 5.20. The summed E-state index contributed by atoms with van der Waals surface area (Å²) < 4.78 is 11.1. The molecule has 102 valence electrons. The minimum absolute atomic E-state index is 0.199. The van der Waals surface area contributed by atoms with Crippen molar-refractivity contribution in [1.29, 1.82) is 0 Å². The van der Waals surface area contributed by atoms with Gasteiger partial charge in [-0.2, -0.15) is 0 Å². The van der Waals surface area contributed by atoms with Gasteiger partial charge in [-0.05, 0) is 31.4 Å². The third kappa shape index (κ3) is 3.00. The molecule has 1 aromatic heterocycles. The molecule has 1 aromatic rings. The quantitative estimate of drug-likeness (QED) is 0.810. The molecule has 0 aliphatic heterocycles. The van der Waals surface area contributed by atoms with E-state index >= 15 is 0 Å². The molecule has 1 unspecified atom stereocenters. The van der Waals surface area contributed by atoms with Gasteiger partial charge in [-0.3, -0.25) is 4.98 Å². The molecular formula is C14H24N2O2. The highest BCUT2D eigenvalue weighted by Crippen LogP contribution is 2.34. The van der Waals surface area contributed by atoms with Crippen LogP contribution in [-0.4, -0.2) is 24.3 Å². The van der Waals surface area contributed by atoms with Crippen LogP contribution in [0.2, 0.25) is 0 Å². The number of aromatic nitrogens is 1. The second-order valence-electron chi connectivity index (χ2n) is 4.34. The zero-order valence-electron chi connectivity index (χ0n) is 11.8. The van der Waals surface area contributed by atoms with Crippen LogP contribution in [0.3, 0.4) is 0 Å². The minimum atomic E-state index is -0.331. The molecule has 0 aromatic carbocycles. The molecule has 0 fully saturated rings. The van der Waals surface area contributed by atoms with Gasteiger partial charge in [0.1, 0.15) is 5.75 Å². The minimum Gasteiger partial charge on any atom is -0.495 e. The summed E-state index contributed by atoms with van der Waals surface area (Å²) in [5, 5.41) is 0. The lowest BCUT2D eigenvalue weighted by Crippen LogP contribution is -2.43. The van der Waals surface area contributed by atoms with E-state index in [0.29, 0.717) is 6.61 Å². The van der Waals surface area contributed by atoms with Crippen molar-refractivity contribution in [3.8, 4) is 5.75 Å². The van der Waals surface area contributed by atoms with E-state index in [1.165, 1.54) is 0 Å². The summed E-state index contributed by atoms with van der Waals surface area (Å²) in [5.74, 6) is 0.723. The monoisotopic (exact) mass is 252 g/mol. The molecule has 4 heteroatoms. The summed E-state index contributed by atoms with van der Waals surface area (Å²) in [6.45, 7) is 6.86. The summed E-state index contributed by atoms with van der Waals surface area (Å²) >= 11 is 0. The summed E-state index contributed by atoms with van der Waals surface area (Å²) in [5.41, 5.74) is 7.00. The standard InChI is InChI=1S/C14H24N2O2/c1-5-14(6-2,18-7-3)13(15)11-8-12(17-4)10-16-9-11/h8-10,13H,5-7,15H2,1-4H3. The molecule has 0 aliphatic carbocycles. The van der Waals surface area contributed by atoms with E-state index in [1.54, 1.807) is 19.5 Å². The Morgan fingerprint density at radius 3 is 2.44 bits per heavy atom. The van der Waals surface area contributed by atoms with Crippen molar-refractivity contribution in [1.82, 2.24) is 4.98 Å². The molecule has 0 aliphatic rings. The van der Waals surface area contributed by atoms with Gasteiger partial charge in [-0.1, -0.05) is 13.8 Å². The molecule has 1 heterocycles. The fourth-order valence-corrected chi connectivity index (χ4v) is 2.29. The van der Waals surface area contributed by atoms with E-state index in [0.717, 1.165) is 24.2 Å². The maximum Gasteiger partial charge on any atom is 0.137 e. The van der Waals surface area contributed by atoms with E-state index in [2.05, 4.69) is 18.8 Å². The maximum atomic E-state index is 6.38. The molecule has 0 saturated heterocycles. The third-order valence-electron chi connectivity index (χ3n) is 3.52. The Bertz CT molecular complexity index is 365. The lowest BCUT2D eigenvalue weighted by molar-refractivity contribution is -0.0646. The van der Waals surface area contributed by atoms with Gasteiger partial charge in [0.15, 0.2) is 0 Å². The molecular weight excluding hydrogens is 228 g/mol. The first-order chi connectivity index (χ1) is 8.63. The second kappa shape index (κ2) is 6.71. The van der Waals surface area contributed by atoms with Crippen molar-refractivity contribution < 1.29 is 9.47 Å². The Hall–Kier alpha value is -1.13. The normalized spacial score (nSPS) is 13.4. The zero-order chi connectivity index (χ0) is 13.6. The van der Waals surface area contributed by atoms with Crippen molar-refractivity contribution in [2.24, 2.45) is 5.73 Å². The summed E-state index contributed by atoms with van der Waals surface area (Å²) in [4.78, 5) is 4.16. The Labute approximate surface area is 110 Å². The van der Waals surface area contributed by atoms with Gasteiger partial charge >= 0.3 is 0 Å². The van der Waals surface area contributed by atoms with E-state index in [1.807, 2.05) is 13.0 Å². The second-order valence-corrected chi connectivity index (χ2v) is 4.34. The molecule has 0 radical (unpaired) electrons. The fraction of sp³-hybridized carbons (Fsp3) is 0.643. The van der Waals surface area contributed by atoms with E-state index in [4.69, 9.17) is 15.2 Å². The van der Waals surface area contributed by atoms with E-state index < -0.39 is 0 Å². The number of nitrogens with zero attached hydrogens (tertiary/aromatic N) is 1. The van der Waals surface area contributed by atoms with Crippen LogP contribution in [0.1, 0.15) is 45.2 Å². The largest absolute Gasteiger partial charge is 0.495 e. The number of hydrogen-bond donors (Lipinski definition) is 1. The first-order valence-electron chi connectivity index (χ1n) is 6.52. The van der Waals surface area contributed by atoms with Crippen molar-refractivity contribution >= 4 is 0 Å². The summed E-state index contributed by atoms with van der Waals surface area (Å²) in [6, 6.07) is 1.73. The number of methoxy groups -OCH3 is 1. The molecule has 0 amide bonds. The van der Waals surface area contributed by atoms with E-state index in [-0.39, 0.29) is 11.6 Å². The Morgan fingerprint density at radius 2 is 1.94 bits per heavy atom. The van der Waals surface area contributed by atoms with Crippen molar-refractivity contribution in [2.75, 3.05) is 13.7 Å². The molecule has 18 heavy (non-hydrogen) atoms. The van der Waals surface area contributed by atoms with Crippen LogP contribution in [0.4, 0.5) is 0 Å². The first kappa shape index (κ1) is 14.9. The highest BCUT2D eigenvalue weighted by molar-refractivity contribution is 5.27. The number of hydrogen-bond acceptors (Lipinski definition) is 4. The van der Waals surface area contributed by atoms with Gasteiger partial charge in [-0.15, -0.1) is 0 Å². The first-order valence-corrected chi connectivity index (χ1v) is 6.52. The van der Waals surface area contributed by atoms with Crippen molar-refractivity contribution in [3.05, 3.63) is 24.0 Å². The van der Waals surface area contributed by atoms with Crippen LogP contribution in [0, 0.1) is 0 Å². The van der Waals surface area contributed by atoms with E-state index in [9.17, 15) is 0 Å². The highest BCUT2D eigenvalue weighted by Gasteiger charge is 2.35. The highest BCUT2D eigenvalue weighted by atomic mass is 16.5. The number of pyridine rings is 1. The smallest absolute Gasteiger partial charge is 0.137 e. The Balaban J connectivity index is 3.04. The predicted octanol–water partition coefficient (Wildman–Crippen LogP) is 2.69. The van der Waals surface area contributed by atoms with Gasteiger partial charge in [0.05, 0.1) is 24.9 Å². The van der Waals surface area contributed by atoms with Crippen LogP contribution in [0.5, 0.6) is 5.75 Å². The topological polar surface area (TPSA) is 57.4 Å². The third-order valence-corrected chi connectivity index (χ3v) is 3.52. The maximum absolute atomic E-state index is 6.38. The predicted molar refractivity (Wildman–Crippen MR) is 72.7 cm³/mol. The van der Waals surface area contributed by atoms with Crippen LogP contribution in [0.15, 0.2) is 18.5 Å². The lowest BCUT2D eigenvalue weighted by Gasteiger charge is -2.37. The Morgan fingerprint density at radius 1 is 1.28 bits per heavy atom. The zero-order valence-corrected chi connectivity index (χ0v) is 11.8. The van der Waals surface area contributed by atoms with Gasteiger partial charge in [-0.25, -0.2) is 0 Å². The van der Waals surface area contributed by atoms with Crippen LogP contribution >= 0.6 is 0 Å². The number of ether oxygens (including phenoxy) is 2. The molecule has 2 N–H and O–H groups in total. The van der Waals surface area contributed by atoms with Gasteiger partial charge in [0.25, 0.3) is 0 Å². The summed E-state index contributed by atoms with van der Waals surface area (Å²) in [7, 11) is 1.63. The molecule has 1 rings (SSSR count). The molecule has 4 nitrogen and oxygen atoms in total. The lowest BCUT2D eigenvalue weighted by atomic mass is 9.85. The van der Waals surface area contributed by atoms with Gasteiger partial charge in [0.2, 0.25) is 0 Å². The number of rotatable bonds is 7. The SMILES string of the molecule is CCOC(CC)(CC)C(N)c1cncc(OC)c1. The molecule has 0 saturated carbocycles.